The van der Waals surface area contributed by atoms with E-state index in [1.165, 1.54) is 22.3 Å². The van der Waals surface area contributed by atoms with Gasteiger partial charge in [0.2, 0.25) is 6.41 Å². The number of aryl methyl sites for hydroxylation is 2. The summed E-state index contributed by atoms with van der Waals surface area (Å²) in [5.74, 6) is 0.200. The van der Waals surface area contributed by atoms with E-state index < -0.39 is 0 Å². The molecule has 2 nitrogen and oxygen atoms in total. The number of rotatable bonds is 3. The number of amides is 1. The van der Waals surface area contributed by atoms with Crippen LogP contribution in [0.25, 0.3) is 0 Å². The van der Waals surface area contributed by atoms with Crippen LogP contribution in [0.2, 0.25) is 5.02 Å². The molecule has 1 aliphatic carbocycles. The molecule has 0 aliphatic heterocycles. The quantitative estimate of drug-likeness (QED) is 0.861. The van der Waals surface area contributed by atoms with Gasteiger partial charge in [0.15, 0.2) is 0 Å². The average Bonchev–Trinajstić information content (AvgIpc) is 2.62. The monoisotopic (exact) mass is 285 g/mol. The lowest BCUT2D eigenvalue weighted by Gasteiger charge is -2.20. The second-order valence-electron chi connectivity index (χ2n) is 5.12. The summed E-state index contributed by atoms with van der Waals surface area (Å²) < 4.78 is 0. The van der Waals surface area contributed by atoms with Gasteiger partial charge in [0.1, 0.15) is 0 Å². The van der Waals surface area contributed by atoms with Gasteiger partial charge in [0, 0.05) is 17.5 Å². The van der Waals surface area contributed by atoms with Gasteiger partial charge >= 0.3 is 0 Å². The standard InChI is InChI=1S/C17H16ClNO/c18-14-7-8-16-13(9-14)6-5-12-3-1-2-4-15(12)17(16)10-19-11-20/h1-4,7-9,11,17H,5-6,10H2,(H,19,20)/t17-/m0/s1. The van der Waals surface area contributed by atoms with Crippen LogP contribution in [0, 0.1) is 0 Å². The van der Waals surface area contributed by atoms with E-state index in [0.29, 0.717) is 6.54 Å². The lowest BCUT2D eigenvalue weighted by molar-refractivity contribution is -0.109. The number of carbonyl (C=O) groups excluding carboxylic acids is 1. The molecule has 0 saturated heterocycles. The van der Waals surface area contributed by atoms with Crippen LogP contribution in [-0.2, 0) is 17.6 Å². The first-order valence-electron chi connectivity index (χ1n) is 6.83. The number of carbonyl (C=O) groups is 1. The van der Waals surface area contributed by atoms with Gasteiger partial charge in [-0.25, -0.2) is 0 Å². The van der Waals surface area contributed by atoms with Crippen molar-refractivity contribution in [1.29, 1.82) is 0 Å². The summed E-state index contributed by atoms with van der Waals surface area (Å²) >= 11 is 6.12. The fourth-order valence-electron chi connectivity index (χ4n) is 3.06. The van der Waals surface area contributed by atoms with Crippen LogP contribution >= 0.6 is 11.6 Å². The van der Waals surface area contributed by atoms with Gasteiger partial charge in [-0.1, -0.05) is 41.9 Å². The van der Waals surface area contributed by atoms with Gasteiger partial charge in [-0.3, -0.25) is 4.79 Å². The van der Waals surface area contributed by atoms with Crippen LogP contribution in [0.4, 0.5) is 0 Å². The summed E-state index contributed by atoms with van der Waals surface area (Å²) in [7, 11) is 0. The van der Waals surface area contributed by atoms with Crippen LogP contribution in [0.5, 0.6) is 0 Å². The molecule has 1 atom stereocenters. The summed E-state index contributed by atoms with van der Waals surface area (Å²) in [5.41, 5.74) is 5.22. The van der Waals surface area contributed by atoms with Crippen LogP contribution in [0.15, 0.2) is 42.5 Å². The molecule has 3 heteroatoms. The van der Waals surface area contributed by atoms with E-state index in [1.54, 1.807) is 0 Å². The van der Waals surface area contributed by atoms with Crippen LogP contribution in [-0.4, -0.2) is 13.0 Å². The van der Waals surface area contributed by atoms with Crippen molar-refractivity contribution in [3.8, 4) is 0 Å². The topological polar surface area (TPSA) is 29.1 Å². The Hall–Kier alpha value is -1.80. The molecule has 0 spiro atoms. The molecule has 102 valence electrons. The second-order valence-corrected chi connectivity index (χ2v) is 5.56. The summed E-state index contributed by atoms with van der Waals surface area (Å²) in [6, 6.07) is 14.6. The molecule has 0 heterocycles. The normalized spacial score (nSPS) is 16.8. The zero-order valence-corrected chi connectivity index (χ0v) is 11.9. The van der Waals surface area contributed by atoms with Gasteiger partial charge in [-0.15, -0.1) is 0 Å². The molecular formula is C17H16ClNO. The number of hydrogen-bond donors (Lipinski definition) is 1. The van der Waals surface area contributed by atoms with Gasteiger partial charge in [-0.2, -0.15) is 0 Å². The van der Waals surface area contributed by atoms with Crippen molar-refractivity contribution in [2.75, 3.05) is 6.54 Å². The predicted octanol–water partition coefficient (Wildman–Crippen LogP) is 3.32. The Bertz CT molecular complexity index is 639. The highest BCUT2D eigenvalue weighted by Gasteiger charge is 2.23. The first kappa shape index (κ1) is 13.2. The molecule has 0 radical (unpaired) electrons. The third-order valence-electron chi connectivity index (χ3n) is 3.98. The molecule has 0 bridgehead atoms. The van der Waals surface area contributed by atoms with Crippen molar-refractivity contribution in [1.82, 2.24) is 5.32 Å². The smallest absolute Gasteiger partial charge is 0.207 e. The fourth-order valence-corrected chi connectivity index (χ4v) is 3.25. The molecule has 0 unspecified atom stereocenters. The Morgan fingerprint density at radius 1 is 1.10 bits per heavy atom. The first-order valence-corrected chi connectivity index (χ1v) is 7.20. The maximum atomic E-state index is 10.7. The number of nitrogens with one attached hydrogen (secondary N) is 1. The minimum atomic E-state index is 0.200. The van der Waals surface area contributed by atoms with Gasteiger partial charge in [0.05, 0.1) is 0 Å². The number of hydrogen-bond acceptors (Lipinski definition) is 1. The highest BCUT2D eigenvalue weighted by Crippen LogP contribution is 2.34. The van der Waals surface area contributed by atoms with Crippen molar-refractivity contribution < 1.29 is 4.79 Å². The molecule has 1 amide bonds. The van der Waals surface area contributed by atoms with Gasteiger partial charge < -0.3 is 5.32 Å². The maximum Gasteiger partial charge on any atom is 0.207 e. The van der Waals surface area contributed by atoms with Crippen LogP contribution in [0.1, 0.15) is 28.2 Å². The molecule has 3 rings (SSSR count). The summed E-state index contributed by atoms with van der Waals surface area (Å²) in [6.45, 7) is 0.620. The zero-order valence-electron chi connectivity index (χ0n) is 11.1. The van der Waals surface area contributed by atoms with E-state index in [4.69, 9.17) is 11.6 Å². The Morgan fingerprint density at radius 3 is 2.70 bits per heavy atom. The van der Waals surface area contributed by atoms with Crippen molar-refractivity contribution in [2.45, 2.75) is 18.8 Å². The molecular weight excluding hydrogens is 270 g/mol. The highest BCUT2D eigenvalue weighted by atomic mass is 35.5. The maximum absolute atomic E-state index is 10.7. The molecule has 20 heavy (non-hydrogen) atoms. The third kappa shape index (κ3) is 2.44. The summed E-state index contributed by atoms with van der Waals surface area (Å²) in [4.78, 5) is 10.7. The number of benzene rings is 2. The van der Waals surface area contributed by atoms with Gasteiger partial charge in [0.25, 0.3) is 0 Å². The van der Waals surface area contributed by atoms with E-state index in [9.17, 15) is 4.79 Å². The molecule has 2 aromatic rings. The Morgan fingerprint density at radius 2 is 1.85 bits per heavy atom. The van der Waals surface area contributed by atoms with Gasteiger partial charge in [-0.05, 0) is 47.2 Å². The van der Waals surface area contributed by atoms with Crippen molar-refractivity contribution in [3.63, 3.8) is 0 Å². The van der Waals surface area contributed by atoms with E-state index in [0.717, 1.165) is 24.3 Å². The summed E-state index contributed by atoms with van der Waals surface area (Å²) in [6.07, 6.45) is 2.77. The largest absolute Gasteiger partial charge is 0.358 e. The predicted molar refractivity (Wildman–Crippen MR) is 81.2 cm³/mol. The minimum Gasteiger partial charge on any atom is -0.358 e. The Balaban J connectivity index is 2.11. The first-order chi connectivity index (χ1) is 9.79. The van der Waals surface area contributed by atoms with Crippen molar-refractivity contribution in [3.05, 3.63) is 69.7 Å². The molecule has 1 aliphatic rings. The van der Waals surface area contributed by atoms with E-state index in [2.05, 4.69) is 41.7 Å². The number of fused-ring (bicyclic) bond motifs is 2. The van der Waals surface area contributed by atoms with Crippen molar-refractivity contribution >= 4 is 18.0 Å². The molecule has 0 fully saturated rings. The SMILES string of the molecule is O=CNC[C@H]1c2ccccc2CCc2cc(Cl)ccc21. The summed E-state index contributed by atoms with van der Waals surface area (Å²) in [5, 5.41) is 3.60. The molecule has 0 saturated carbocycles. The highest BCUT2D eigenvalue weighted by molar-refractivity contribution is 6.30. The van der Waals surface area contributed by atoms with E-state index in [-0.39, 0.29) is 5.92 Å². The lowest BCUT2D eigenvalue weighted by atomic mass is 9.88. The lowest BCUT2D eigenvalue weighted by Crippen LogP contribution is -2.21. The van der Waals surface area contributed by atoms with Crippen molar-refractivity contribution in [2.24, 2.45) is 0 Å². The molecule has 1 N–H and O–H groups in total. The fraction of sp³-hybridized carbons (Fsp3) is 0.235. The molecule has 2 aromatic carbocycles. The Kier molecular flexibility index (Phi) is 3.75. The van der Waals surface area contributed by atoms with Crippen LogP contribution < -0.4 is 5.32 Å². The number of halogens is 1. The zero-order chi connectivity index (χ0) is 13.9. The van der Waals surface area contributed by atoms with E-state index >= 15 is 0 Å². The van der Waals surface area contributed by atoms with Crippen LogP contribution in [0.3, 0.4) is 0 Å². The molecule has 0 aromatic heterocycles. The third-order valence-corrected chi connectivity index (χ3v) is 4.22. The average molecular weight is 286 g/mol. The minimum absolute atomic E-state index is 0.200. The Labute approximate surface area is 123 Å². The second kappa shape index (κ2) is 5.68. The van der Waals surface area contributed by atoms with E-state index in [1.807, 2.05) is 6.07 Å².